The van der Waals surface area contributed by atoms with Gasteiger partial charge in [-0.05, 0) is 26.2 Å². The zero-order chi connectivity index (χ0) is 11.5. The van der Waals surface area contributed by atoms with Crippen molar-refractivity contribution in [3.05, 3.63) is 0 Å². The van der Waals surface area contributed by atoms with Gasteiger partial charge in [-0.25, -0.2) is 0 Å². The standard InChI is InChI=1S/C11H18N2O3/c1-7-2-3-8(16-7)6-12-9-4-5-10(14)13-11(9)15/h7-9,12H,2-6H2,1H3,(H,13,14,15). The lowest BCUT2D eigenvalue weighted by Gasteiger charge is -2.23. The van der Waals surface area contributed by atoms with E-state index in [4.69, 9.17) is 4.74 Å². The van der Waals surface area contributed by atoms with Gasteiger partial charge in [-0.3, -0.25) is 14.9 Å². The van der Waals surface area contributed by atoms with Gasteiger partial charge in [0.25, 0.3) is 0 Å². The van der Waals surface area contributed by atoms with E-state index in [0.717, 1.165) is 12.8 Å². The molecule has 90 valence electrons. The largest absolute Gasteiger partial charge is 0.374 e. The SMILES string of the molecule is CC1CCC(CNC2CCC(=O)NC2=O)O1. The van der Waals surface area contributed by atoms with E-state index in [-0.39, 0.29) is 24.0 Å². The van der Waals surface area contributed by atoms with Crippen LogP contribution in [0.3, 0.4) is 0 Å². The van der Waals surface area contributed by atoms with Crippen molar-refractivity contribution in [2.24, 2.45) is 0 Å². The van der Waals surface area contributed by atoms with E-state index in [1.54, 1.807) is 0 Å². The minimum Gasteiger partial charge on any atom is -0.374 e. The molecule has 0 aromatic carbocycles. The lowest BCUT2D eigenvalue weighted by Crippen LogP contribution is -2.52. The van der Waals surface area contributed by atoms with Crippen LogP contribution in [0.1, 0.15) is 32.6 Å². The van der Waals surface area contributed by atoms with Gasteiger partial charge >= 0.3 is 0 Å². The molecule has 3 atom stereocenters. The molecule has 5 nitrogen and oxygen atoms in total. The van der Waals surface area contributed by atoms with Crippen LogP contribution in [0.25, 0.3) is 0 Å². The number of ether oxygens (including phenoxy) is 1. The number of amides is 2. The molecular formula is C11H18N2O3. The zero-order valence-corrected chi connectivity index (χ0v) is 9.49. The summed E-state index contributed by atoms with van der Waals surface area (Å²) in [7, 11) is 0. The predicted octanol–water partition coefficient (Wildman–Crippen LogP) is -0.0513. The smallest absolute Gasteiger partial charge is 0.243 e. The molecule has 2 amide bonds. The van der Waals surface area contributed by atoms with Gasteiger partial charge in [0.05, 0.1) is 18.2 Å². The molecule has 5 heteroatoms. The van der Waals surface area contributed by atoms with Crippen molar-refractivity contribution in [1.29, 1.82) is 0 Å². The van der Waals surface area contributed by atoms with Gasteiger partial charge in [0, 0.05) is 13.0 Å². The van der Waals surface area contributed by atoms with E-state index < -0.39 is 0 Å². The van der Waals surface area contributed by atoms with Crippen molar-refractivity contribution in [2.45, 2.75) is 50.9 Å². The predicted molar refractivity (Wildman–Crippen MR) is 57.7 cm³/mol. The molecule has 0 aromatic heterocycles. The molecule has 2 aliphatic heterocycles. The van der Waals surface area contributed by atoms with Crippen LogP contribution in [0, 0.1) is 0 Å². The highest BCUT2D eigenvalue weighted by molar-refractivity contribution is 6.00. The number of piperidine rings is 1. The van der Waals surface area contributed by atoms with E-state index in [1.165, 1.54) is 0 Å². The molecule has 0 radical (unpaired) electrons. The minimum atomic E-state index is -0.239. The Hall–Kier alpha value is -0.940. The lowest BCUT2D eigenvalue weighted by atomic mass is 10.1. The van der Waals surface area contributed by atoms with Crippen molar-refractivity contribution in [3.8, 4) is 0 Å². The summed E-state index contributed by atoms with van der Waals surface area (Å²) >= 11 is 0. The first kappa shape index (κ1) is 11.5. The van der Waals surface area contributed by atoms with E-state index in [9.17, 15) is 9.59 Å². The highest BCUT2D eigenvalue weighted by Crippen LogP contribution is 2.18. The summed E-state index contributed by atoms with van der Waals surface area (Å²) in [5, 5.41) is 5.50. The van der Waals surface area contributed by atoms with Gasteiger partial charge in [-0.1, -0.05) is 0 Å². The molecule has 3 unspecified atom stereocenters. The maximum Gasteiger partial charge on any atom is 0.243 e. The number of carbonyl (C=O) groups is 2. The molecule has 0 aliphatic carbocycles. The van der Waals surface area contributed by atoms with Crippen LogP contribution in [0.4, 0.5) is 0 Å². The summed E-state index contributed by atoms with van der Waals surface area (Å²) in [5.41, 5.74) is 0. The second-order valence-corrected chi connectivity index (χ2v) is 4.56. The van der Waals surface area contributed by atoms with E-state index in [1.807, 2.05) is 0 Å². The summed E-state index contributed by atoms with van der Waals surface area (Å²) in [6.07, 6.45) is 3.68. The van der Waals surface area contributed by atoms with Crippen LogP contribution in [0.2, 0.25) is 0 Å². The third kappa shape index (κ3) is 2.80. The van der Waals surface area contributed by atoms with Gasteiger partial charge in [-0.2, -0.15) is 0 Å². The maximum atomic E-state index is 11.4. The molecule has 2 heterocycles. The first-order valence-corrected chi connectivity index (χ1v) is 5.87. The van der Waals surface area contributed by atoms with Crippen molar-refractivity contribution >= 4 is 11.8 Å². The fraction of sp³-hybridized carbons (Fsp3) is 0.818. The van der Waals surface area contributed by atoms with E-state index in [0.29, 0.717) is 25.5 Å². The molecule has 16 heavy (non-hydrogen) atoms. The summed E-state index contributed by atoms with van der Waals surface area (Å²) in [5.74, 6) is -0.379. The number of hydrogen-bond donors (Lipinski definition) is 2. The molecule has 0 aromatic rings. The molecule has 0 spiro atoms. The normalized spacial score (nSPS) is 35.2. The van der Waals surface area contributed by atoms with E-state index >= 15 is 0 Å². The first-order chi connectivity index (χ1) is 7.65. The Kier molecular flexibility index (Phi) is 3.56. The molecular weight excluding hydrogens is 208 g/mol. The van der Waals surface area contributed by atoms with Crippen LogP contribution in [0.5, 0.6) is 0 Å². The number of carbonyl (C=O) groups excluding carboxylic acids is 2. The number of imide groups is 1. The van der Waals surface area contributed by atoms with Crippen LogP contribution < -0.4 is 10.6 Å². The Morgan fingerprint density at radius 3 is 2.81 bits per heavy atom. The summed E-state index contributed by atoms with van der Waals surface area (Å²) in [6.45, 7) is 2.75. The quantitative estimate of drug-likeness (QED) is 0.662. The summed E-state index contributed by atoms with van der Waals surface area (Å²) in [4.78, 5) is 22.4. The van der Waals surface area contributed by atoms with Gasteiger partial charge in [0.2, 0.25) is 11.8 Å². The van der Waals surface area contributed by atoms with E-state index in [2.05, 4.69) is 17.6 Å². The summed E-state index contributed by atoms with van der Waals surface area (Å²) in [6, 6.07) is -0.239. The Morgan fingerprint density at radius 1 is 1.38 bits per heavy atom. The van der Waals surface area contributed by atoms with Crippen LogP contribution in [-0.4, -0.2) is 36.6 Å². The Labute approximate surface area is 94.9 Å². The fourth-order valence-electron chi connectivity index (χ4n) is 2.20. The van der Waals surface area contributed by atoms with Crippen LogP contribution in [0.15, 0.2) is 0 Å². The molecule has 2 aliphatic rings. The topological polar surface area (TPSA) is 67.4 Å². The molecule has 2 saturated heterocycles. The van der Waals surface area contributed by atoms with Crippen molar-refractivity contribution in [3.63, 3.8) is 0 Å². The summed E-state index contributed by atoms with van der Waals surface area (Å²) < 4.78 is 5.65. The van der Waals surface area contributed by atoms with Crippen molar-refractivity contribution in [2.75, 3.05) is 6.54 Å². The monoisotopic (exact) mass is 226 g/mol. The lowest BCUT2D eigenvalue weighted by molar-refractivity contribution is -0.134. The van der Waals surface area contributed by atoms with Gasteiger partial charge in [0.1, 0.15) is 0 Å². The molecule has 2 fully saturated rings. The number of rotatable bonds is 3. The Balaban J connectivity index is 1.73. The molecule has 0 bridgehead atoms. The minimum absolute atomic E-state index is 0.172. The Morgan fingerprint density at radius 2 is 2.19 bits per heavy atom. The number of nitrogens with one attached hydrogen (secondary N) is 2. The first-order valence-electron chi connectivity index (χ1n) is 5.87. The second kappa shape index (κ2) is 4.93. The van der Waals surface area contributed by atoms with Crippen molar-refractivity contribution in [1.82, 2.24) is 10.6 Å². The average Bonchev–Trinajstić information content (AvgIpc) is 2.63. The average molecular weight is 226 g/mol. The van der Waals surface area contributed by atoms with Gasteiger partial charge in [0.15, 0.2) is 0 Å². The maximum absolute atomic E-state index is 11.4. The molecule has 0 saturated carbocycles. The molecule has 2 N–H and O–H groups in total. The Bertz CT molecular complexity index is 293. The molecule has 2 rings (SSSR count). The zero-order valence-electron chi connectivity index (χ0n) is 9.49. The highest BCUT2D eigenvalue weighted by atomic mass is 16.5. The van der Waals surface area contributed by atoms with Crippen molar-refractivity contribution < 1.29 is 14.3 Å². The highest BCUT2D eigenvalue weighted by Gasteiger charge is 2.28. The van der Waals surface area contributed by atoms with Crippen LogP contribution >= 0.6 is 0 Å². The van der Waals surface area contributed by atoms with Crippen LogP contribution in [-0.2, 0) is 14.3 Å². The van der Waals surface area contributed by atoms with Gasteiger partial charge in [-0.15, -0.1) is 0 Å². The number of hydrogen-bond acceptors (Lipinski definition) is 4. The third-order valence-electron chi connectivity index (χ3n) is 3.15. The second-order valence-electron chi connectivity index (χ2n) is 4.56. The van der Waals surface area contributed by atoms with Gasteiger partial charge < -0.3 is 10.1 Å². The fourth-order valence-corrected chi connectivity index (χ4v) is 2.20. The third-order valence-corrected chi connectivity index (χ3v) is 3.15.